The molecule has 7 nitrogen and oxygen atoms in total. The minimum atomic E-state index is -4.89. The Morgan fingerprint density at radius 1 is 1.17 bits per heavy atom. The van der Waals surface area contributed by atoms with Gasteiger partial charge in [0, 0.05) is 43.1 Å². The number of halogens is 3. The molecule has 0 saturated carbocycles. The van der Waals surface area contributed by atoms with E-state index in [1.54, 1.807) is 6.92 Å². The number of alkyl halides is 3. The van der Waals surface area contributed by atoms with Gasteiger partial charge in [-0.05, 0) is 55.5 Å². The van der Waals surface area contributed by atoms with Crippen LogP contribution in [0.15, 0.2) is 53.9 Å². The summed E-state index contributed by atoms with van der Waals surface area (Å²) in [6.07, 6.45) is -3.70. The van der Waals surface area contributed by atoms with Gasteiger partial charge in [-0.15, -0.1) is 0 Å². The van der Waals surface area contributed by atoms with Crippen LogP contribution in [-0.4, -0.2) is 46.8 Å². The number of hydrogen-bond donors (Lipinski definition) is 3. The highest BCUT2D eigenvalue weighted by atomic mass is 19.4. The van der Waals surface area contributed by atoms with E-state index in [9.17, 15) is 33.0 Å². The Bertz CT molecular complexity index is 1180. The number of carboxylic acids is 2. The SMILES string of the molecule is CC1=C(C(=O)O)C(c2cccnc2C(F)(F)F)C(C(=O)O)C(C)(CC(C)c2ccc(N(C)C)cc2)N1. The summed E-state index contributed by atoms with van der Waals surface area (Å²) in [6, 6.07) is 10.1. The number of rotatable bonds is 7. The van der Waals surface area contributed by atoms with Gasteiger partial charge in [0.05, 0.1) is 11.5 Å². The van der Waals surface area contributed by atoms with Gasteiger partial charge in [-0.1, -0.05) is 25.1 Å². The standard InChI is InChI=1S/C26H30F3N3O4/c1-14(16-8-10-17(11-9-16)32(4)5)13-25(3)21(24(35)36)20(19(23(33)34)15(2)31-25)18-7-6-12-30-22(18)26(27,28)29/h6-12,14,20-21,31H,13H2,1-5H3,(H,33,34)(H,35,36). The highest BCUT2D eigenvalue weighted by molar-refractivity contribution is 5.92. The Morgan fingerprint density at radius 2 is 1.78 bits per heavy atom. The molecule has 1 aromatic carbocycles. The van der Waals surface area contributed by atoms with E-state index in [4.69, 9.17) is 0 Å². The van der Waals surface area contributed by atoms with Crippen LogP contribution < -0.4 is 10.2 Å². The van der Waals surface area contributed by atoms with Gasteiger partial charge in [0.25, 0.3) is 0 Å². The second kappa shape index (κ2) is 9.83. The first-order valence-electron chi connectivity index (χ1n) is 11.4. The minimum Gasteiger partial charge on any atom is -0.481 e. The van der Waals surface area contributed by atoms with E-state index in [-0.39, 0.29) is 18.0 Å². The van der Waals surface area contributed by atoms with E-state index in [1.165, 1.54) is 13.0 Å². The van der Waals surface area contributed by atoms with Crippen molar-refractivity contribution < 1.29 is 33.0 Å². The molecule has 194 valence electrons. The molecule has 2 aromatic rings. The molecule has 1 aliphatic heterocycles. The van der Waals surface area contributed by atoms with Crippen LogP contribution in [0.1, 0.15) is 55.8 Å². The van der Waals surface area contributed by atoms with Crippen LogP contribution in [-0.2, 0) is 15.8 Å². The number of hydrogen-bond acceptors (Lipinski definition) is 5. The second-order valence-corrected chi connectivity index (χ2v) is 9.71. The lowest BCUT2D eigenvalue weighted by molar-refractivity contribution is -0.148. The molecule has 0 aliphatic carbocycles. The highest BCUT2D eigenvalue weighted by Gasteiger charge is 2.53. The van der Waals surface area contributed by atoms with E-state index < -0.39 is 52.3 Å². The molecule has 10 heteroatoms. The molecule has 0 saturated heterocycles. The first kappa shape index (κ1) is 27.0. The van der Waals surface area contributed by atoms with Gasteiger partial charge in [-0.3, -0.25) is 9.78 Å². The molecule has 0 spiro atoms. The molecule has 0 bridgehead atoms. The highest BCUT2D eigenvalue weighted by Crippen LogP contribution is 2.49. The van der Waals surface area contributed by atoms with Gasteiger partial charge in [-0.2, -0.15) is 13.2 Å². The van der Waals surface area contributed by atoms with Gasteiger partial charge in [0.2, 0.25) is 0 Å². The number of benzene rings is 1. The average molecular weight is 506 g/mol. The first-order valence-corrected chi connectivity index (χ1v) is 11.4. The Morgan fingerprint density at radius 3 is 2.28 bits per heavy atom. The summed E-state index contributed by atoms with van der Waals surface area (Å²) < 4.78 is 41.6. The van der Waals surface area contributed by atoms with Crippen molar-refractivity contribution in [3.8, 4) is 0 Å². The number of aromatic nitrogens is 1. The largest absolute Gasteiger partial charge is 0.481 e. The summed E-state index contributed by atoms with van der Waals surface area (Å²) in [4.78, 5) is 30.3. The number of nitrogens with one attached hydrogen (secondary N) is 1. The van der Waals surface area contributed by atoms with Crippen molar-refractivity contribution in [1.82, 2.24) is 10.3 Å². The zero-order valence-corrected chi connectivity index (χ0v) is 20.7. The van der Waals surface area contributed by atoms with Crippen LogP contribution in [0.4, 0.5) is 18.9 Å². The molecule has 4 unspecified atom stereocenters. The Labute approximate surface area is 207 Å². The van der Waals surface area contributed by atoms with E-state index in [1.807, 2.05) is 50.2 Å². The second-order valence-electron chi connectivity index (χ2n) is 9.71. The van der Waals surface area contributed by atoms with Gasteiger partial charge < -0.3 is 20.4 Å². The summed E-state index contributed by atoms with van der Waals surface area (Å²) >= 11 is 0. The summed E-state index contributed by atoms with van der Waals surface area (Å²) in [5, 5.41) is 23.3. The smallest absolute Gasteiger partial charge is 0.433 e. The Kier molecular flexibility index (Phi) is 7.38. The number of allylic oxidation sites excluding steroid dienone is 1. The molecule has 2 heterocycles. The number of carbonyl (C=O) groups is 2. The van der Waals surface area contributed by atoms with Crippen molar-refractivity contribution in [2.24, 2.45) is 5.92 Å². The average Bonchev–Trinajstić information content (AvgIpc) is 2.77. The first-order chi connectivity index (χ1) is 16.7. The predicted octanol–water partition coefficient (Wildman–Crippen LogP) is 4.87. The van der Waals surface area contributed by atoms with Crippen molar-refractivity contribution in [2.75, 3.05) is 19.0 Å². The maximum absolute atomic E-state index is 13.9. The van der Waals surface area contributed by atoms with Crippen LogP contribution in [0.25, 0.3) is 0 Å². The summed E-state index contributed by atoms with van der Waals surface area (Å²) in [6.45, 7) is 4.98. The number of anilines is 1. The molecular formula is C26H30F3N3O4. The lowest BCUT2D eigenvalue weighted by atomic mass is 9.64. The minimum absolute atomic E-state index is 0.125. The molecule has 1 aliphatic rings. The van der Waals surface area contributed by atoms with Crippen LogP contribution in [0, 0.1) is 5.92 Å². The maximum Gasteiger partial charge on any atom is 0.433 e. The third-order valence-corrected chi connectivity index (χ3v) is 6.86. The number of nitrogens with zero attached hydrogens (tertiary/aromatic N) is 2. The molecule has 0 amide bonds. The third-order valence-electron chi connectivity index (χ3n) is 6.86. The van der Waals surface area contributed by atoms with Crippen molar-refractivity contribution in [2.45, 2.75) is 50.7 Å². The van der Waals surface area contributed by atoms with Gasteiger partial charge in [0.15, 0.2) is 0 Å². The van der Waals surface area contributed by atoms with E-state index in [0.717, 1.165) is 23.5 Å². The molecule has 1 aromatic heterocycles. The van der Waals surface area contributed by atoms with Gasteiger partial charge >= 0.3 is 18.1 Å². The third kappa shape index (κ3) is 5.17. The molecular weight excluding hydrogens is 475 g/mol. The lowest BCUT2D eigenvalue weighted by Gasteiger charge is -2.47. The van der Waals surface area contributed by atoms with Crippen LogP contribution in [0.3, 0.4) is 0 Å². The zero-order valence-electron chi connectivity index (χ0n) is 20.7. The van der Waals surface area contributed by atoms with E-state index in [0.29, 0.717) is 0 Å². The fourth-order valence-electron chi connectivity index (χ4n) is 5.32. The maximum atomic E-state index is 13.9. The van der Waals surface area contributed by atoms with Gasteiger partial charge in [0.1, 0.15) is 5.69 Å². The Hall–Kier alpha value is -3.56. The van der Waals surface area contributed by atoms with Crippen LogP contribution in [0.2, 0.25) is 0 Å². The van der Waals surface area contributed by atoms with E-state index >= 15 is 0 Å². The molecule has 0 radical (unpaired) electrons. The van der Waals surface area contributed by atoms with Gasteiger partial charge in [-0.25, -0.2) is 4.79 Å². The molecule has 0 fully saturated rings. The van der Waals surface area contributed by atoms with E-state index in [2.05, 4.69) is 10.3 Å². The van der Waals surface area contributed by atoms with Crippen LogP contribution in [0.5, 0.6) is 0 Å². The summed E-state index contributed by atoms with van der Waals surface area (Å²) in [5.74, 6) is -6.15. The molecule has 4 atom stereocenters. The monoisotopic (exact) mass is 505 g/mol. The normalized spacial score (nSPS) is 23.1. The number of carboxylic acid groups (broad SMARTS) is 2. The quantitative estimate of drug-likeness (QED) is 0.494. The van der Waals surface area contributed by atoms with Crippen molar-refractivity contribution in [3.05, 3.63) is 70.7 Å². The topological polar surface area (TPSA) is 103 Å². The fourth-order valence-corrected chi connectivity index (χ4v) is 5.32. The van der Waals surface area contributed by atoms with Crippen molar-refractivity contribution in [1.29, 1.82) is 0 Å². The summed E-state index contributed by atoms with van der Waals surface area (Å²) in [5.41, 5.74) is -1.40. The fraction of sp³-hybridized carbons (Fsp3) is 0.423. The molecule has 3 rings (SSSR count). The molecule has 36 heavy (non-hydrogen) atoms. The number of aliphatic carboxylic acids is 2. The van der Waals surface area contributed by atoms with Crippen molar-refractivity contribution >= 4 is 17.6 Å². The molecule has 3 N–H and O–H groups in total. The predicted molar refractivity (Wildman–Crippen MR) is 129 cm³/mol. The zero-order chi connectivity index (χ0) is 27.0. The summed E-state index contributed by atoms with van der Waals surface area (Å²) in [7, 11) is 3.82. The van der Waals surface area contributed by atoms with Crippen molar-refractivity contribution in [3.63, 3.8) is 0 Å². The Balaban J connectivity index is 2.15. The lowest BCUT2D eigenvalue weighted by Crippen LogP contribution is -2.58. The van der Waals surface area contributed by atoms with Crippen LogP contribution >= 0.6 is 0 Å². The number of pyridine rings is 1.